The molecule has 24 heavy (non-hydrogen) atoms. The number of nitrogens with one attached hydrogen (secondary N) is 2. The summed E-state index contributed by atoms with van der Waals surface area (Å²) in [5.74, 6) is -0.615. The Balaban J connectivity index is 1.47. The number of likely N-dealkylation sites (tertiary alicyclic amines) is 1. The second kappa shape index (κ2) is 7.83. The van der Waals surface area contributed by atoms with Crippen molar-refractivity contribution in [2.24, 2.45) is 0 Å². The molecule has 1 saturated carbocycles. The molecule has 0 bridgehead atoms. The minimum Gasteiger partial charge on any atom is -0.464 e. The van der Waals surface area contributed by atoms with Crippen LogP contribution in [0.2, 0.25) is 0 Å². The van der Waals surface area contributed by atoms with Crippen LogP contribution in [0.25, 0.3) is 0 Å². The van der Waals surface area contributed by atoms with Gasteiger partial charge in [-0.2, -0.15) is 0 Å². The fraction of sp³-hybridized carbons (Fsp3) is 0.667. The summed E-state index contributed by atoms with van der Waals surface area (Å²) in [7, 11) is 1.32. The van der Waals surface area contributed by atoms with E-state index in [1.54, 1.807) is 12.1 Å². The second-order valence-corrected chi connectivity index (χ2v) is 6.85. The number of ether oxygens (including phenoxy) is 1. The highest BCUT2D eigenvalue weighted by Crippen LogP contribution is 2.25. The van der Waals surface area contributed by atoms with Crippen molar-refractivity contribution in [2.75, 3.05) is 20.2 Å². The molecule has 1 saturated heterocycles. The third-order valence-electron chi connectivity index (χ3n) is 5.29. The number of carbonyl (C=O) groups is 2. The average Bonchev–Trinajstić information content (AvgIpc) is 3.13. The fourth-order valence-corrected chi connectivity index (χ4v) is 3.87. The summed E-state index contributed by atoms with van der Waals surface area (Å²) < 4.78 is 4.64. The van der Waals surface area contributed by atoms with E-state index in [0.29, 0.717) is 11.4 Å². The summed E-state index contributed by atoms with van der Waals surface area (Å²) in [5, 5.41) is 3.08. The summed E-state index contributed by atoms with van der Waals surface area (Å²) in [6, 6.07) is 4.16. The van der Waals surface area contributed by atoms with E-state index >= 15 is 0 Å². The Hall–Kier alpha value is -1.82. The molecule has 2 N–H and O–H groups in total. The Labute approximate surface area is 142 Å². The number of H-pyrrole nitrogens is 1. The maximum absolute atomic E-state index is 12.3. The fourth-order valence-electron chi connectivity index (χ4n) is 3.87. The van der Waals surface area contributed by atoms with Crippen LogP contribution in [0.4, 0.5) is 0 Å². The molecule has 1 amide bonds. The van der Waals surface area contributed by atoms with Crippen LogP contribution in [-0.4, -0.2) is 54.0 Å². The van der Waals surface area contributed by atoms with Gasteiger partial charge in [-0.25, -0.2) is 4.79 Å². The van der Waals surface area contributed by atoms with E-state index in [9.17, 15) is 9.59 Å². The van der Waals surface area contributed by atoms with E-state index < -0.39 is 5.97 Å². The van der Waals surface area contributed by atoms with Gasteiger partial charge in [-0.1, -0.05) is 19.3 Å². The molecular formula is C18H27N3O3. The van der Waals surface area contributed by atoms with Crippen molar-refractivity contribution in [1.82, 2.24) is 15.2 Å². The van der Waals surface area contributed by atoms with Gasteiger partial charge >= 0.3 is 5.97 Å². The van der Waals surface area contributed by atoms with Crippen LogP contribution in [0.3, 0.4) is 0 Å². The number of hydrogen-bond acceptors (Lipinski definition) is 4. The quantitative estimate of drug-likeness (QED) is 0.829. The van der Waals surface area contributed by atoms with Gasteiger partial charge in [0.1, 0.15) is 11.4 Å². The molecule has 0 atom stereocenters. The molecule has 2 heterocycles. The minimum absolute atomic E-state index is 0.152. The molecule has 0 radical (unpaired) electrons. The zero-order valence-electron chi connectivity index (χ0n) is 14.3. The average molecular weight is 333 g/mol. The number of piperidine rings is 1. The molecule has 1 aliphatic carbocycles. The van der Waals surface area contributed by atoms with E-state index in [1.807, 2.05) is 0 Å². The summed E-state index contributed by atoms with van der Waals surface area (Å²) in [5.41, 5.74) is 0.708. The molecule has 0 spiro atoms. The van der Waals surface area contributed by atoms with Crippen molar-refractivity contribution in [3.05, 3.63) is 23.5 Å². The third-order valence-corrected chi connectivity index (χ3v) is 5.29. The lowest BCUT2D eigenvalue weighted by Crippen LogP contribution is -2.48. The number of carbonyl (C=O) groups excluding carboxylic acids is 2. The molecule has 2 aliphatic rings. The summed E-state index contributed by atoms with van der Waals surface area (Å²) in [6.07, 6.45) is 8.74. The molecule has 132 valence electrons. The van der Waals surface area contributed by atoms with E-state index in [0.717, 1.165) is 32.0 Å². The SMILES string of the molecule is COC(=O)c1ccc(C(=O)NC2CCN(C3CCCCC3)CC2)[nH]1. The number of rotatable bonds is 4. The van der Waals surface area contributed by atoms with E-state index in [1.165, 1.54) is 39.2 Å². The van der Waals surface area contributed by atoms with Gasteiger partial charge < -0.3 is 19.9 Å². The molecule has 0 unspecified atom stereocenters. The van der Waals surface area contributed by atoms with E-state index in [-0.39, 0.29) is 11.9 Å². The standard InChI is InChI=1S/C18H27N3O3/c1-24-18(23)16-8-7-15(20-16)17(22)19-13-9-11-21(12-10-13)14-5-3-2-4-6-14/h7-8,13-14,20H,2-6,9-12H2,1H3,(H,19,22). The van der Waals surface area contributed by atoms with Crippen molar-refractivity contribution in [2.45, 2.75) is 57.0 Å². The highest BCUT2D eigenvalue weighted by atomic mass is 16.5. The summed E-state index contributed by atoms with van der Waals surface area (Å²) >= 11 is 0. The lowest BCUT2D eigenvalue weighted by atomic mass is 9.92. The van der Waals surface area contributed by atoms with Crippen molar-refractivity contribution < 1.29 is 14.3 Å². The van der Waals surface area contributed by atoms with Crippen molar-refractivity contribution in [1.29, 1.82) is 0 Å². The number of nitrogens with zero attached hydrogens (tertiary/aromatic N) is 1. The Bertz CT molecular complexity index is 570. The lowest BCUT2D eigenvalue weighted by Gasteiger charge is -2.39. The monoisotopic (exact) mass is 333 g/mol. The van der Waals surface area contributed by atoms with Gasteiger partial charge in [0.2, 0.25) is 0 Å². The largest absolute Gasteiger partial charge is 0.464 e. The zero-order chi connectivity index (χ0) is 16.9. The summed E-state index contributed by atoms with van der Waals surface area (Å²) in [6.45, 7) is 2.13. The van der Waals surface area contributed by atoms with Crippen LogP contribution in [0, 0.1) is 0 Å². The van der Waals surface area contributed by atoms with Crippen LogP contribution >= 0.6 is 0 Å². The van der Waals surface area contributed by atoms with Crippen molar-refractivity contribution in [3.8, 4) is 0 Å². The van der Waals surface area contributed by atoms with E-state index in [4.69, 9.17) is 0 Å². The molecule has 6 nitrogen and oxygen atoms in total. The first-order valence-corrected chi connectivity index (χ1v) is 8.99. The number of aromatic amines is 1. The Morgan fingerprint density at radius 3 is 2.42 bits per heavy atom. The third kappa shape index (κ3) is 3.98. The van der Waals surface area contributed by atoms with Gasteiger partial charge in [0, 0.05) is 25.2 Å². The number of aromatic nitrogens is 1. The minimum atomic E-state index is -0.463. The van der Waals surface area contributed by atoms with Gasteiger partial charge in [0.25, 0.3) is 5.91 Å². The first-order chi connectivity index (χ1) is 11.7. The molecule has 3 rings (SSSR count). The predicted octanol–water partition coefficient (Wildman–Crippen LogP) is 2.33. The molecule has 1 aliphatic heterocycles. The normalized spacial score (nSPS) is 20.7. The number of methoxy groups -OCH3 is 1. The Morgan fingerprint density at radius 2 is 1.75 bits per heavy atom. The van der Waals surface area contributed by atoms with Crippen molar-refractivity contribution in [3.63, 3.8) is 0 Å². The molecule has 1 aromatic heterocycles. The number of esters is 1. The topological polar surface area (TPSA) is 74.4 Å². The van der Waals surface area contributed by atoms with Gasteiger partial charge in [-0.15, -0.1) is 0 Å². The molecular weight excluding hydrogens is 306 g/mol. The summed E-state index contributed by atoms with van der Waals surface area (Å²) in [4.78, 5) is 29.2. The molecule has 6 heteroatoms. The van der Waals surface area contributed by atoms with Crippen molar-refractivity contribution >= 4 is 11.9 Å². The van der Waals surface area contributed by atoms with Crippen LogP contribution in [0.1, 0.15) is 65.9 Å². The zero-order valence-corrected chi connectivity index (χ0v) is 14.3. The van der Waals surface area contributed by atoms with E-state index in [2.05, 4.69) is 19.9 Å². The molecule has 0 aromatic carbocycles. The highest BCUT2D eigenvalue weighted by molar-refractivity contribution is 5.95. The van der Waals surface area contributed by atoms with Crippen LogP contribution in [-0.2, 0) is 4.74 Å². The Morgan fingerprint density at radius 1 is 1.08 bits per heavy atom. The van der Waals surface area contributed by atoms with Crippen LogP contribution in [0.15, 0.2) is 12.1 Å². The van der Waals surface area contributed by atoms with Crippen LogP contribution in [0.5, 0.6) is 0 Å². The first-order valence-electron chi connectivity index (χ1n) is 8.99. The Kier molecular flexibility index (Phi) is 5.56. The second-order valence-electron chi connectivity index (χ2n) is 6.85. The highest BCUT2D eigenvalue weighted by Gasteiger charge is 2.27. The molecule has 1 aromatic rings. The number of amides is 1. The maximum Gasteiger partial charge on any atom is 0.354 e. The maximum atomic E-state index is 12.3. The number of hydrogen-bond donors (Lipinski definition) is 2. The first kappa shape index (κ1) is 17.0. The van der Waals surface area contributed by atoms with Gasteiger partial charge in [-0.3, -0.25) is 4.79 Å². The molecule has 2 fully saturated rings. The van der Waals surface area contributed by atoms with Gasteiger partial charge in [0.15, 0.2) is 0 Å². The smallest absolute Gasteiger partial charge is 0.354 e. The van der Waals surface area contributed by atoms with Gasteiger partial charge in [0.05, 0.1) is 7.11 Å². The predicted molar refractivity (Wildman–Crippen MR) is 91.1 cm³/mol. The van der Waals surface area contributed by atoms with Crippen LogP contribution < -0.4 is 5.32 Å². The lowest BCUT2D eigenvalue weighted by molar-refractivity contribution is 0.0595. The van der Waals surface area contributed by atoms with Gasteiger partial charge in [-0.05, 0) is 37.8 Å².